The molecule has 20 heavy (non-hydrogen) atoms. The van der Waals surface area contributed by atoms with Gasteiger partial charge >= 0.3 is 0 Å². The van der Waals surface area contributed by atoms with Gasteiger partial charge in [0.2, 0.25) is 0 Å². The first-order valence-electron chi connectivity index (χ1n) is 6.79. The third kappa shape index (κ3) is 3.09. The number of rotatable bonds is 6. The summed E-state index contributed by atoms with van der Waals surface area (Å²) in [6.07, 6.45) is 0.325. The Balaban J connectivity index is 2.41. The Labute approximate surface area is 119 Å². The van der Waals surface area contributed by atoms with E-state index in [1.54, 1.807) is 0 Å². The Morgan fingerprint density at radius 3 is 2.85 bits per heavy atom. The molecule has 0 aliphatic rings. The van der Waals surface area contributed by atoms with Gasteiger partial charge < -0.3 is 14.2 Å². The molecule has 0 aliphatic heterocycles. The highest BCUT2D eigenvalue weighted by atomic mass is 16.5. The van der Waals surface area contributed by atoms with Gasteiger partial charge in [-0.3, -0.25) is 0 Å². The van der Waals surface area contributed by atoms with E-state index in [1.165, 1.54) is 0 Å². The number of imidazole rings is 1. The Morgan fingerprint density at radius 2 is 2.20 bits per heavy atom. The molecule has 0 bridgehead atoms. The van der Waals surface area contributed by atoms with Crippen molar-refractivity contribution in [1.82, 2.24) is 14.5 Å². The van der Waals surface area contributed by atoms with Gasteiger partial charge in [0.05, 0.1) is 30.1 Å². The lowest BCUT2D eigenvalue weighted by molar-refractivity contribution is 0.340. The minimum atomic E-state index is 0.325. The van der Waals surface area contributed by atoms with Crippen molar-refractivity contribution < 1.29 is 4.74 Å². The SMILES string of the molecule is CCOc1ccc2c(c1)nc(CC#N)n2CCN(C)C. The van der Waals surface area contributed by atoms with E-state index in [1.807, 2.05) is 39.2 Å². The van der Waals surface area contributed by atoms with Crippen LogP contribution in [-0.2, 0) is 13.0 Å². The summed E-state index contributed by atoms with van der Waals surface area (Å²) in [7, 11) is 4.08. The molecule has 0 atom stereocenters. The average molecular weight is 272 g/mol. The first kappa shape index (κ1) is 14.4. The van der Waals surface area contributed by atoms with Gasteiger partial charge in [-0.15, -0.1) is 0 Å². The summed E-state index contributed by atoms with van der Waals surface area (Å²) in [6.45, 7) is 4.34. The van der Waals surface area contributed by atoms with E-state index in [0.29, 0.717) is 13.0 Å². The molecule has 0 amide bonds. The molecule has 1 heterocycles. The number of hydrogen-bond acceptors (Lipinski definition) is 4. The minimum absolute atomic E-state index is 0.325. The van der Waals surface area contributed by atoms with Crippen molar-refractivity contribution in [3.8, 4) is 11.8 Å². The number of fused-ring (bicyclic) bond motifs is 1. The van der Waals surface area contributed by atoms with E-state index < -0.39 is 0 Å². The summed E-state index contributed by atoms with van der Waals surface area (Å²) in [5.74, 6) is 1.64. The van der Waals surface area contributed by atoms with Gasteiger partial charge in [0.15, 0.2) is 0 Å². The minimum Gasteiger partial charge on any atom is -0.494 e. The maximum atomic E-state index is 8.95. The normalized spacial score (nSPS) is 10.9. The van der Waals surface area contributed by atoms with Crippen LogP contribution in [-0.4, -0.2) is 41.7 Å². The number of benzene rings is 1. The molecule has 1 aromatic heterocycles. The maximum absolute atomic E-state index is 8.95. The van der Waals surface area contributed by atoms with Crippen LogP contribution in [0.15, 0.2) is 18.2 Å². The van der Waals surface area contributed by atoms with Crippen molar-refractivity contribution in [3.63, 3.8) is 0 Å². The molecular weight excluding hydrogens is 252 g/mol. The molecule has 2 rings (SSSR count). The van der Waals surface area contributed by atoms with E-state index in [-0.39, 0.29) is 0 Å². The van der Waals surface area contributed by atoms with Crippen molar-refractivity contribution in [1.29, 1.82) is 5.26 Å². The van der Waals surface area contributed by atoms with Gasteiger partial charge in [-0.1, -0.05) is 0 Å². The van der Waals surface area contributed by atoms with E-state index in [4.69, 9.17) is 10.00 Å². The lowest BCUT2D eigenvalue weighted by atomic mass is 10.3. The molecule has 0 unspecified atom stereocenters. The van der Waals surface area contributed by atoms with Crippen molar-refractivity contribution >= 4 is 11.0 Å². The molecule has 0 N–H and O–H groups in total. The number of aromatic nitrogens is 2. The molecular formula is C15H20N4O. The van der Waals surface area contributed by atoms with Crippen molar-refractivity contribution in [2.45, 2.75) is 19.9 Å². The smallest absolute Gasteiger partial charge is 0.124 e. The van der Waals surface area contributed by atoms with Crippen molar-refractivity contribution in [2.24, 2.45) is 0 Å². The summed E-state index contributed by atoms with van der Waals surface area (Å²) in [4.78, 5) is 6.69. The second kappa shape index (κ2) is 6.40. The van der Waals surface area contributed by atoms with Gasteiger partial charge in [-0.25, -0.2) is 4.98 Å². The molecule has 1 aromatic carbocycles. The predicted octanol–water partition coefficient (Wildman–Crippen LogP) is 2.06. The van der Waals surface area contributed by atoms with Gasteiger partial charge in [-0.05, 0) is 33.2 Å². The molecule has 0 fully saturated rings. The monoisotopic (exact) mass is 272 g/mol. The first-order chi connectivity index (χ1) is 9.65. The lowest BCUT2D eigenvalue weighted by Crippen LogP contribution is -2.19. The highest BCUT2D eigenvalue weighted by Gasteiger charge is 2.11. The van der Waals surface area contributed by atoms with Crippen LogP contribution < -0.4 is 4.74 Å². The van der Waals surface area contributed by atoms with E-state index in [9.17, 15) is 0 Å². The standard InChI is InChI=1S/C15H20N4O/c1-4-20-12-5-6-14-13(11-12)17-15(7-8-16)19(14)10-9-18(2)3/h5-6,11H,4,7,9-10H2,1-3H3. The zero-order valence-electron chi connectivity index (χ0n) is 12.3. The number of nitriles is 1. The van der Waals surface area contributed by atoms with Gasteiger partial charge in [-0.2, -0.15) is 5.26 Å². The second-order valence-electron chi connectivity index (χ2n) is 4.90. The van der Waals surface area contributed by atoms with Crippen molar-refractivity contribution in [3.05, 3.63) is 24.0 Å². The average Bonchev–Trinajstić information content (AvgIpc) is 2.74. The lowest BCUT2D eigenvalue weighted by Gasteiger charge is -2.12. The fourth-order valence-electron chi connectivity index (χ4n) is 2.17. The van der Waals surface area contributed by atoms with Crippen LogP contribution in [0.4, 0.5) is 0 Å². The highest BCUT2D eigenvalue weighted by molar-refractivity contribution is 5.78. The summed E-state index contributed by atoms with van der Waals surface area (Å²) < 4.78 is 7.62. The van der Waals surface area contributed by atoms with Gasteiger partial charge in [0, 0.05) is 19.2 Å². The predicted molar refractivity (Wildman–Crippen MR) is 78.8 cm³/mol. The van der Waals surface area contributed by atoms with Gasteiger partial charge in [0.1, 0.15) is 11.6 Å². The summed E-state index contributed by atoms with van der Waals surface area (Å²) in [6, 6.07) is 8.09. The molecule has 106 valence electrons. The molecule has 0 saturated carbocycles. The van der Waals surface area contributed by atoms with Crippen LogP contribution >= 0.6 is 0 Å². The zero-order chi connectivity index (χ0) is 14.5. The van der Waals surface area contributed by atoms with Crippen LogP contribution in [0.5, 0.6) is 5.75 Å². The zero-order valence-corrected chi connectivity index (χ0v) is 12.3. The van der Waals surface area contributed by atoms with Crippen molar-refractivity contribution in [2.75, 3.05) is 27.2 Å². The molecule has 5 heteroatoms. The van der Waals surface area contributed by atoms with Crippen LogP contribution in [0.3, 0.4) is 0 Å². The van der Waals surface area contributed by atoms with E-state index >= 15 is 0 Å². The topological polar surface area (TPSA) is 54.1 Å². The summed E-state index contributed by atoms with van der Waals surface area (Å²) in [5.41, 5.74) is 1.94. The molecule has 0 saturated heterocycles. The largest absolute Gasteiger partial charge is 0.494 e. The van der Waals surface area contributed by atoms with Crippen LogP contribution in [0.2, 0.25) is 0 Å². The number of hydrogen-bond donors (Lipinski definition) is 0. The first-order valence-corrected chi connectivity index (χ1v) is 6.79. The van der Waals surface area contributed by atoms with Crippen LogP contribution in [0.1, 0.15) is 12.7 Å². The van der Waals surface area contributed by atoms with Crippen LogP contribution in [0, 0.1) is 11.3 Å². The third-order valence-electron chi connectivity index (χ3n) is 3.12. The number of likely N-dealkylation sites (N-methyl/N-ethyl adjacent to an activating group) is 1. The Hall–Kier alpha value is -2.06. The quantitative estimate of drug-likeness (QED) is 0.807. The summed E-state index contributed by atoms with van der Waals surface area (Å²) in [5, 5.41) is 8.95. The van der Waals surface area contributed by atoms with E-state index in [2.05, 4.69) is 20.5 Å². The van der Waals surface area contributed by atoms with Gasteiger partial charge in [0.25, 0.3) is 0 Å². The second-order valence-corrected chi connectivity index (χ2v) is 4.90. The molecule has 0 aliphatic carbocycles. The Kier molecular flexibility index (Phi) is 4.59. The number of nitrogens with zero attached hydrogens (tertiary/aromatic N) is 4. The van der Waals surface area contributed by atoms with E-state index in [0.717, 1.165) is 35.7 Å². The molecule has 2 aromatic rings. The highest BCUT2D eigenvalue weighted by Crippen LogP contribution is 2.22. The molecule has 5 nitrogen and oxygen atoms in total. The molecule has 0 radical (unpaired) electrons. The fraction of sp³-hybridized carbons (Fsp3) is 0.467. The third-order valence-corrected chi connectivity index (χ3v) is 3.12. The number of ether oxygens (including phenoxy) is 1. The molecule has 0 spiro atoms. The summed E-state index contributed by atoms with van der Waals surface area (Å²) >= 11 is 0. The fourth-order valence-corrected chi connectivity index (χ4v) is 2.17. The van der Waals surface area contributed by atoms with Crippen LogP contribution in [0.25, 0.3) is 11.0 Å². The maximum Gasteiger partial charge on any atom is 0.124 e. The Morgan fingerprint density at radius 1 is 1.40 bits per heavy atom. The Bertz CT molecular complexity index is 625.